The van der Waals surface area contributed by atoms with Gasteiger partial charge in [0, 0.05) is 25.5 Å². The van der Waals surface area contributed by atoms with Crippen molar-refractivity contribution in [2.75, 3.05) is 18.0 Å². The third kappa shape index (κ3) is 1.62. The Balaban J connectivity index is 1.85. The van der Waals surface area contributed by atoms with Crippen LogP contribution in [0.25, 0.3) is 5.52 Å². The van der Waals surface area contributed by atoms with E-state index >= 15 is 0 Å². The molecule has 1 saturated heterocycles. The molecule has 17 heavy (non-hydrogen) atoms. The van der Waals surface area contributed by atoms with Gasteiger partial charge >= 0.3 is 6.18 Å². The molecule has 3 heterocycles. The van der Waals surface area contributed by atoms with Crippen molar-refractivity contribution in [2.45, 2.75) is 6.18 Å². The fraction of sp³-hybridized carbons (Fsp3) is 0.400. The van der Waals surface area contributed by atoms with E-state index in [0.29, 0.717) is 5.82 Å². The summed E-state index contributed by atoms with van der Waals surface area (Å²) >= 11 is 0. The van der Waals surface area contributed by atoms with Crippen LogP contribution in [0.5, 0.6) is 0 Å². The van der Waals surface area contributed by atoms with Crippen molar-refractivity contribution in [3.63, 3.8) is 0 Å². The van der Waals surface area contributed by atoms with E-state index in [1.165, 1.54) is 6.20 Å². The van der Waals surface area contributed by atoms with Gasteiger partial charge in [0.15, 0.2) is 5.82 Å². The number of hydrogen-bond donors (Lipinski definition) is 0. The molecule has 1 fully saturated rings. The molecule has 0 unspecified atom stereocenters. The summed E-state index contributed by atoms with van der Waals surface area (Å²) in [7, 11) is 0. The van der Waals surface area contributed by atoms with E-state index in [1.54, 1.807) is 27.9 Å². The van der Waals surface area contributed by atoms with Crippen molar-refractivity contribution in [3.05, 3.63) is 24.7 Å². The second kappa shape index (κ2) is 3.35. The molecule has 0 aromatic carbocycles. The zero-order valence-corrected chi connectivity index (χ0v) is 8.72. The second-order valence-corrected chi connectivity index (χ2v) is 4.06. The molecule has 0 amide bonds. The van der Waals surface area contributed by atoms with Gasteiger partial charge in [-0.05, 0) is 6.07 Å². The minimum absolute atomic E-state index is 0.0264. The highest BCUT2D eigenvalue weighted by molar-refractivity contribution is 5.69. The maximum atomic E-state index is 12.4. The van der Waals surface area contributed by atoms with Crippen LogP contribution in [0, 0.1) is 5.92 Å². The Morgan fingerprint density at radius 3 is 2.71 bits per heavy atom. The largest absolute Gasteiger partial charge is 0.395 e. The molecule has 0 N–H and O–H groups in total. The van der Waals surface area contributed by atoms with Crippen molar-refractivity contribution in [1.82, 2.24) is 14.6 Å². The van der Waals surface area contributed by atoms with Crippen molar-refractivity contribution in [1.29, 1.82) is 0 Å². The predicted molar refractivity (Wildman–Crippen MR) is 54.7 cm³/mol. The van der Waals surface area contributed by atoms with Crippen LogP contribution in [0.1, 0.15) is 0 Å². The number of alkyl halides is 3. The van der Waals surface area contributed by atoms with Gasteiger partial charge in [0.25, 0.3) is 0 Å². The molecule has 1 aliphatic rings. The first kappa shape index (κ1) is 10.4. The van der Waals surface area contributed by atoms with Gasteiger partial charge in [0.1, 0.15) is 5.52 Å². The Hall–Kier alpha value is -1.79. The first-order valence-corrected chi connectivity index (χ1v) is 5.16. The second-order valence-electron chi connectivity index (χ2n) is 4.06. The SMILES string of the molecule is FC(F)(F)C1CN(c2nccn3nccc23)C1. The lowest BCUT2D eigenvalue weighted by molar-refractivity contribution is -0.180. The van der Waals surface area contributed by atoms with E-state index in [2.05, 4.69) is 10.1 Å². The molecule has 0 atom stereocenters. The maximum absolute atomic E-state index is 12.4. The van der Waals surface area contributed by atoms with Gasteiger partial charge in [-0.3, -0.25) is 0 Å². The molecule has 2 aromatic heterocycles. The van der Waals surface area contributed by atoms with E-state index in [-0.39, 0.29) is 13.1 Å². The molecule has 3 rings (SSSR count). The number of anilines is 1. The lowest BCUT2D eigenvalue weighted by atomic mass is 10.00. The third-order valence-electron chi connectivity index (χ3n) is 2.95. The van der Waals surface area contributed by atoms with Crippen LogP contribution in [0.2, 0.25) is 0 Å². The number of fused-ring (bicyclic) bond motifs is 1. The molecule has 0 radical (unpaired) electrons. The fourth-order valence-corrected chi connectivity index (χ4v) is 1.95. The van der Waals surface area contributed by atoms with Gasteiger partial charge in [0.05, 0.1) is 12.1 Å². The predicted octanol–water partition coefficient (Wildman–Crippen LogP) is 1.73. The standard InChI is InChI=1S/C10H9F3N4/c11-10(12,13)7-5-16(6-7)9-8-1-2-15-17(8)4-3-14-9/h1-4,7H,5-6H2. The summed E-state index contributed by atoms with van der Waals surface area (Å²) in [5.41, 5.74) is 0.730. The van der Waals surface area contributed by atoms with Gasteiger partial charge in [-0.15, -0.1) is 0 Å². The molecular weight excluding hydrogens is 233 g/mol. The van der Waals surface area contributed by atoms with Gasteiger partial charge < -0.3 is 4.90 Å². The summed E-state index contributed by atoms with van der Waals surface area (Å²) in [6.07, 6.45) is 0.694. The monoisotopic (exact) mass is 242 g/mol. The number of aromatic nitrogens is 3. The number of rotatable bonds is 1. The highest BCUT2D eigenvalue weighted by atomic mass is 19.4. The summed E-state index contributed by atoms with van der Waals surface area (Å²) in [5, 5.41) is 4.02. The van der Waals surface area contributed by atoms with E-state index in [1.807, 2.05) is 0 Å². The Labute approximate surface area is 94.7 Å². The summed E-state index contributed by atoms with van der Waals surface area (Å²) in [4.78, 5) is 5.74. The molecule has 0 spiro atoms. The van der Waals surface area contributed by atoms with Crippen LogP contribution >= 0.6 is 0 Å². The Morgan fingerprint density at radius 1 is 1.24 bits per heavy atom. The lowest BCUT2D eigenvalue weighted by Crippen LogP contribution is -2.53. The minimum atomic E-state index is -4.11. The summed E-state index contributed by atoms with van der Waals surface area (Å²) in [6, 6.07) is 1.74. The van der Waals surface area contributed by atoms with E-state index in [4.69, 9.17) is 0 Å². The number of halogens is 3. The van der Waals surface area contributed by atoms with Gasteiger partial charge in [0.2, 0.25) is 0 Å². The minimum Gasteiger partial charge on any atom is -0.353 e. The van der Waals surface area contributed by atoms with Crippen LogP contribution < -0.4 is 4.90 Å². The maximum Gasteiger partial charge on any atom is 0.395 e. The molecule has 7 heteroatoms. The van der Waals surface area contributed by atoms with Gasteiger partial charge in [-0.2, -0.15) is 18.3 Å². The Morgan fingerprint density at radius 2 is 2.00 bits per heavy atom. The first-order chi connectivity index (χ1) is 8.05. The van der Waals surface area contributed by atoms with Crippen molar-refractivity contribution >= 4 is 11.3 Å². The van der Waals surface area contributed by atoms with Crippen LogP contribution in [0.4, 0.5) is 19.0 Å². The van der Waals surface area contributed by atoms with E-state index < -0.39 is 12.1 Å². The van der Waals surface area contributed by atoms with Crippen LogP contribution in [0.3, 0.4) is 0 Å². The van der Waals surface area contributed by atoms with Crippen LogP contribution in [-0.2, 0) is 0 Å². The van der Waals surface area contributed by atoms with Crippen LogP contribution in [0.15, 0.2) is 24.7 Å². The fourth-order valence-electron chi connectivity index (χ4n) is 1.95. The lowest BCUT2D eigenvalue weighted by Gasteiger charge is -2.40. The van der Waals surface area contributed by atoms with E-state index in [0.717, 1.165) is 5.52 Å². The van der Waals surface area contributed by atoms with E-state index in [9.17, 15) is 13.2 Å². The molecular formula is C10H9F3N4. The summed E-state index contributed by atoms with van der Waals surface area (Å²) < 4.78 is 38.7. The normalized spacial score (nSPS) is 17.5. The first-order valence-electron chi connectivity index (χ1n) is 5.16. The molecule has 1 aliphatic heterocycles. The molecule has 0 saturated carbocycles. The van der Waals surface area contributed by atoms with Gasteiger partial charge in [-0.1, -0.05) is 0 Å². The van der Waals surface area contributed by atoms with Gasteiger partial charge in [-0.25, -0.2) is 9.50 Å². The molecule has 4 nitrogen and oxygen atoms in total. The van der Waals surface area contributed by atoms with Crippen molar-refractivity contribution < 1.29 is 13.2 Å². The number of nitrogens with zero attached hydrogens (tertiary/aromatic N) is 4. The Bertz CT molecular complexity index is 542. The van der Waals surface area contributed by atoms with Crippen LogP contribution in [-0.4, -0.2) is 33.9 Å². The highest BCUT2D eigenvalue weighted by Gasteiger charge is 2.47. The summed E-state index contributed by atoms with van der Waals surface area (Å²) in [5.74, 6) is -0.682. The molecule has 90 valence electrons. The quantitative estimate of drug-likeness (QED) is 0.763. The number of hydrogen-bond acceptors (Lipinski definition) is 3. The average Bonchev–Trinajstić information content (AvgIpc) is 2.61. The third-order valence-corrected chi connectivity index (χ3v) is 2.95. The Kier molecular flexibility index (Phi) is 2.04. The zero-order valence-electron chi connectivity index (χ0n) is 8.72. The molecule has 2 aromatic rings. The smallest absolute Gasteiger partial charge is 0.353 e. The molecule has 0 bridgehead atoms. The van der Waals surface area contributed by atoms with Crippen molar-refractivity contribution in [3.8, 4) is 0 Å². The molecule has 0 aliphatic carbocycles. The zero-order chi connectivity index (χ0) is 12.0. The van der Waals surface area contributed by atoms with Crippen molar-refractivity contribution in [2.24, 2.45) is 5.92 Å². The topological polar surface area (TPSA) is 33.4 Å². The highest BCUT2D eigenvalue weighted by Crippen LogP contribution is 2.36. The average molecular weight is 242 g/mol. The summed E-state index contributed by atoms with van der Waals surface area (Å²) in [6.45, 7) is -0.0529.